The molecule has 0 radical (unpaired) electrons. The molecular formula is C20H24N2O. The number of methoxy groups -OCH3 is 1. The summed E-state index contributed by atoms with van der Waals surface area (Å²) in [5.74, 6) is 0. The molecule has 2 aliphatic rings. The molecule has 1 aromatic heterocycles. The van der Waals surface area contributed by atoms with E-state index in [2.05, 4.69) is 46.7 Å². The molecule has 1 fully saturated rings. The Hall–Kier alpha value is -1.71. The van der Waals surface area contributed by atoms with Crippen LogP contribution in [0.15, 0.2) is 48.7 Å². The zero-order valence-corrected chi connectivity index (χ0v) is 13.7. The van der Waals surface area contributed by atoms with Crippen LogP contribution in [-0.4, -0.2) is 24.7 Å². The van der Waals surface area contributed by atoms with E-state index in [1.807, 2.05) is 19.4 Å². The van der Waals surface area contributed by atoms with Crippen LogP contribution < -0.4 is 5.32 Å². The van der Waals surface area contributed by atoms with Crippen LogP contribution in [0.4, 0.5) is 0 Å². The van der Waals surface area contributed by atoms with Gasteiger partial charge in [-0.05, 0) is 49.1 Å². The van der Waals surface area contributed by atoms with E-state index in [0.717, 1.165) is 25.8 Å². The van der Waals surface area contributed by atoms with Crippen molar-refractivity contribution >= 4 is 0 Å². The van der Waals surface area contributed by atoms with Crippen molar-refractivity contribution in [1.82, 2.24) is 10.3 Å². The highest BCUT2D eigenvalue weighted by molar-refractivity contribution is 5.37. The number of piperidine rings is 1. The first-order valence-electron chi connectivity index (χ1n) is 8.55. The Morgan fingerprint density at radius 2 is 2.09 bits per heavy atom. The van der Waals surface area contributed by atoms with Gasteiger partial charge in [-0.3, -0.25) is 4.98 Å². The molecule has 1 aliphatic carbocycles. The lowest BCUT2D eigenvalue weighted by Gasteiger charge is -2.42. The maximum absolute atomic E-state index is 5.99. The summed E-state index contributed by atoms with van der Waals surface area (Å²) in [6.07, 6.45) is 6.58. The van der Waals surface area contributed by atoms with Crippen LogP contribution in [-0.2, 0) is 17.6 Å². The minimum Gasteiger partial charge on any atom is -0.376 e. The van der Waals surface area contributed by atoms with Crippen LogP contribution >= 0.6 is 0 Å². The van der Waals surface area contributed by atoms with Crippen molar-refractivity contribution in [3.05, 3.63) is 65.5 Å². The van der Waals surface area contributed by atoms with Crippen molar-refractivity contribution in [2.45, 2.75) is 37.8 Å². The SMILES string of the molecule is COC1c2ccccc2CC12CCNC(Cc1ccccn1)C2. The van der Waals surface area contributed by atoms with Crippen LogP contribution in [0.3, 0.4) is 0 Å². The van der Waals surface area contributed by atoms with Gasteiger partial charge in [0.2, 0.25) is 0 Å². The smallest absolute Gasteiger partial charge is 0.0884 e. The summed E-state index contributed by atoms with van der Waals surface area (Å²) in [6.45, 7) is 1.06. The fourth-order valence-corrected chi connectivity index (χ4v) is 4.63. The van der Waals surface area contributed by atoms with E-state index in [0.29, 0.717) is 6.04 Å². The van der Waals surface area contributed by atoms with Gasteiger partial charge in [-0.1, -0.05) is 30.3 Å². The molecule has 1 spiro atoms. The van der Waals surface area contributed by atoms with Crippen molar-refractivity contribution in [3.8, 4) is 0 Å². The van der Waals surface area contributed by atoms with Crippen molar-refractivity contribution in [2.75, 3.05) is 13.7 Å². The molecule has 1 N–H and O–H groups in total. The quantitative estimate of drug-likeness (QED) is 0.944. The van der Waals surface area contributed by atoms with Gasteiger partial charge >= 0.3 is 0 Å². The van der Waals surface area contributed by atoms with Crippen molar-refractivity contribution in [3.63, 3.8) is 0 Å². The van der Waals surface area contributed by atoms with Gasteiger partial charge in [0.25, 0.3) is 0 Å². The van der Waals surface area contributed by atoms with Crippen molar-refractivity contribution in [1.29, 1.82) is 0 Å². The van der Waals surface area contributed by atoms with Gasteiger partial charge < -0.3 is 10.1 Å². The first-order chi connectivity index (χ1) is 11.3. The molecule has 120 valence electrons. The summed E-state index contributed by atoms with van der Waals surface area (Å²) in [7, 11) is 1.87. The predicted octanol–water partition coefficient (Wildman–Crippen LogP) is 3.31. The number of nitrogens with one attached hydrogen (secondary N) is 1. The molecule has 0 amide bonds. The lowest BCUT2D eigenvalue weighted by Crippen LogP contribution is -2.47. The van der Waals surface area contributed by atoms with E-state index >= 15 is 0 Å². The summed E-state index contributed by atoms with van der Waals surface area (Å²) < 4.78 is 5.99. The second-order valence-corrected chi connectivity index (χ2v) is 6.98. The number of hydrogen-bond donors (Lipinski definition) is 1. The number of nitrogens with zero attached hydrogens (tertiary/aromatic N) is 1. The standard InChI is InChI=1S/C20H24N2O/c1-23-19-18-8-3-2-6-15(18)13-20(19)9-11-22-17(14-20)12-16-7-4-5-10-21-16/h2-8,10,17,19,22H,9,11-14H2,1H3. The van der Waals surface area contributed by atoms with Gasteiger partial charge in [0.1, 0.15) is 0 Å². The molecule has 1 aliphatic heterocycles. The Kier molecular flexibility index (Phi) is 3.92. The molecule has 1 saturated heterocycles. The molecule has 0 saturated carbocycles. The molecule has 3 atom stereocenters. The van der Waals surface area contributed by atoms with E-state index < -0.39 is 0 Å². The van der Waals surface area contributed by atoms with Crippen molar-refractivity contribution < 1.29 is 4.74 Å². The van der Waals surface area contributed by atoms with Crippen LogP contribution in [0.5, 0.6) is 0 Å². The average Bonchev–Trinajstić information content (AvgIpc) is 2.88. The van der Waals surface area contributed by atoms with Gasteiger partial charge in [-0.2, -0.15) is 0 Å². The Morgan fingerprint density at radius 1 is 1.22 bits per heavy atom. The molecular weight excluding hydrogens is 284 g/mol. The maximum atomic E-state index is 5.99. The summed E-state index contributed by atoms with van der Waals surface area (Å²) in [5.41, 5.74) is 4.28. The lowest BCUT2D eigenvalue weighted by molar-refractivity contribution is -0.0290. The first-order valence-corrected chi connectivity index (χ1v) is 8.55. The predicted molar refractivity (Wildman–Crippen MR) is 91.3 cm³/mol. The summed E-state index contributed by atoms with van der Waals surface area (Å²) in [4.78, 5) is 4.50. The summed E-state index contributed by atoms with van der Waals surface area (Å²) in [6, 6.07) is 15.5. The molecule has 2 heterocycles. The summed E-state index contributed by atoms with van der Waals surface area (Å²) in [5, 5.41) is 3.69. The van der Waals surface area contributed by atoms with E-state index in [4.69, 9.17) is 4.74 Å². The van der Waals surface area contributed by atoms with Gasteiger partial charge in [0.05, 0.1) is 6.10 Å². The van der Waals surface area contributed by atoms with E-state index in [9.17, 15) is 0 Å². The van der Waals surface area contributed by atoms with Gasteiger partial charge in [-0.15, -0.1) is 0 Å². The molecule has 3 heteroatoms. The zero-order chi connectivity index (χ0) is 15.7. The first kappa shape index (κ1) is 14.9. The largest absolute Gasteiger partial charge is 0.376 e. The fraction of sp³-hybridized carbons (Fsp3) is 0.450. The Balaban J connectivity index is 1.57. The number of pyridine rings is 1. The third-order valence-corrected chi connectivity index (χ3v) is 5.56. The second-order valence-electron chi connectivity index (χ2n) is 6.98. The average molecular weight is 308 g/mol. The summed E-state index contributed by atoms with van der Waals surface area (Å²) >= 11 is 0. The molecule has 23 heavy (non-hydrogen) atoms. The minimum absolute atomic E-state index is 0.229. The van der Waals surface area contributed by atoms with Gasteiger partial charge in [0, 0.05) is 36.9 Å². The Bertz CT molecular complexity index is 672. The van der Waals surface area contributed by atoms with E-state index in [1.165, 1.54) is 23.2 Å². The molecule has 0 bridgehead atoms. The normalized spacial score (nSPS) is 29.6. The number of rotatable bonds is 3. The van der Waals surface area contributed by atoms with Crippen molar-refractivity contribution in [2.24, 2.45) is 5.41 Å². The molecule has 1 aromatic carbocycles. The molecule has 3 nitrogen and oxygen atoms in total. The second kappa shape index (κ2) is 6.06. The number of ether oxygens (including phenoxy) is 1. The van der Waals surface area contributed by atoms with Crippen LogP contribution in [0.1, 0.15) is 35.8 Å². The number of benzene rings is 1. The molecule has 2 aromatic rings. The van der Waals surface area contributed by atoms with Gasteiger partial charge in [-0.25, -0.2) is 0 Å². The van der Waals surface area contributed by atoms with E-state index in [-0.39, 0.29) is 11.5 Å². The molecule has 3 unspecified atom stereocenters. The highest BCUT2D eigenvalue weighted by atomic mass is 16.5. The minimum atomic E-state index is 0.229. The van der Waals surface area contributed by atoms with Gasteiger partial charge in [0.15, 0.2) is 0 Å². The monoisotopic (exact) mass is 308 g/mol. The number of hydrogen-bond acceptors (Lipinski definition) is 3. The highest BCUT2D eigenvalue weighted by Crippen LogP contribution is 2.53. The van der Waals surface area contributed by atoms with Crippen LogP contribution in [0.2, 0.25) is 0 Å². The Morgan fingerprint density at radius 3 is 2.91 bits per heavy atom. The number of aromatic nitrogens is 1. The highest BCUT2D eigenvalue weighted by Gasteiger charge is 2.48. The third kappa shape index (κ3) is 2.68. The Labute approximate surface area is 138 Å². The van der Waals surface area contributed by atoms with Crippen LogP contribution in [0.25, 0.3) is 0 Å². The third-order valence-electron chi connectivity index (χ3n) is 5.56. The fourth-order valence-electron chi connectivity index (χ4n) is 4.63. The maximum Gasteiger partial charge on any atom is 0.0884 e. The van der Waals surface area contributed by atoms with Crippen LogP contribution in [0, 0.1) is 5.41 Å². The molecule has 4 rings (SSSR count). The topological polar surface area (TPSA) is 34.1 Å². The lowest BCUT2D eigenvalue weighted by atomic mass is 9.71. The zero-order valence-electron chi connectivity index (χ0n) is 13.7. The number of fused-ring (bicyclic) bond motifs is 1. The van der Waals surface area contributed by atoms with E-state index in [1.54, 1.807) is 0 Å².